The zero-order valence-electron chi connectivity index (χ0n) is 56.2. The third-order valence-electron chi connectivity index (χ3n) is 17.7. The summed E-state index contributed by atoms with van der Waals surface area (Å²) in [5.74, 6) is -0.0203. The molecule has 0 rings (SSSR count). The number of amides is 1. The van der Waals surface area contributed by atoms with Gasteiger partial charge in [-0.1, -0.05) is 359 Å². The van der Waals surface area contributed by atoms with Gasteiger partial charge in [0.05, 0.1) is 25.4 Å². The molecule has 0 aliphatic rings. The number of allylic oxidation sites excluding steroid dienone is 6. The van der Waals surface area contributed by atoms with Crippen LogP contribution in [0.25, 0.3) is 0 Å². The Hall–Kier alpha value is -1.92. The van der Waals surface area contributed by atoms with Crippen molar-refractivity contribution >= 4 is 11.9 Å². The van der Waals surface area contributed by atoms with Gasteiger partial charge in [-0.15, -0.1) is 0 Å². The van der Waals surface area contributed by atoms with Crippen molar-refractivity contribution in [1.29, 1.82) is 0 Å². The van der Waals surface area contributed by atoms with E-state index in [-0.39, 0.29) is 18.5 Å². The Morgan fingerprint density at radius 3 is 0.952 bits per heavy atom. The molecule has 0 bridgehead atoms. The molecule has 1 amide bonds. The van der Waals surface area contributed by atoms with Crippen LogP contribution in [0, 0.1) is 0 Å². The minimum Gasteiger partial charge on any atom is -0.466 e. The van der Waals surface area contributed by atoms with E-state index >= 15 is 0 Å². The molecule has 490 valence electrons. The number of nitrogens with one attached hydrogen (secondary N) is 1. The first-order valence-electron chi connectivity index (χ1n) is 37.7. The Bertz CT molecular complexity index is 1340. The van der Waals surface area contributed by atoms with Crippen molar-refractivity contribution in [3.05, 3.63) is 36.5 Å². The van der Waals surface area contributed by atoms with E-state index < -0.39 is 12.1 Å². The van der Waals surface area contributed by atoms with Crippen LogP contribution >= 0.6 is 0 Å². The fourth-order valence-corrected chi connectivity index (χ4v) is 11.9. The van der Waals surface area contributed by atoms with E-state index in [0.29, 0.717) is 25.9 Å². The molecule has 0 aromatic carbocycles. The van der Waals surface area contributed by atoms with Crippen LogP contribution in [0.1, 0.15) is 418 Å². The van der Waals surface area contributed by atoms with Crippen molar-refractivity contribution in [2.24, 2.45) is 0 Å². The van der Waals surface area contributed by atoms with Gasteiger partial charge in [-0.3, -0.25) is 9.59 Å². The van der Waals surface area contributed by atoms with E-state index in [2.05, 4.69) is 55.6 Å². The average Bonchev–Trinajstić information content (AvgIpc) is 3.49. The number of carbonyl (C=O) groups is 2. The monoisotopic (exact) mass is 1170 g/mol. The van der Waals surface area contributed by atoms with Gasteiger partial charge in [0, 0.05) is 12.8 Å². The average molecular weight is 1170 g/mol. The van der Waals surface area contributed by atoms with Gasteiger partial charge in [-0.25, -0.2) is 0 Å². The Balaban J connectivity index is 3.31. The predicted octanol–water partition coefficient (Wildman–Crippen LogP) is 24.7. The second-order valence-corrected chi connectivity index (χ2v) is 26.0. The molecule has 0 radical (unpaired) electrons. The lowest BCUT2D eigenvalue weighted by atomic mass is 10.0. The SMILES string of the molecule is CCCCC/C=C\C/C=C\CCCCCCCC(=O)OCCCCCCCCCCCCCCCCCCCC/C=C\CCCCCCCCCCCCCCCCCCCC(=O)NC(CO)C(O)CCCCCCCCCCCCCC. The molecule has 6 nitrogen and oxygen atoms in total. The van der Waals surface area contributed by atoms with E-state index in [4.69, 9.17) is 4.74 Å². The Morgan fingerprint density at radius 1 is 0.337 bits per heavy atom. The van der Waals surface area contributed by atoms with Crippen molar-refractivity contribution in [2.45, 2.75) is 431 Å². The standard InChI is InChI=1S/C77H147NO5/c1-3-5-7-9-11-13-15-17-43-47-51-55-59-63-67-71-77(82)83-72-68-64-60-56-52-48-45-42-40-38-36-34-32-30-28-26-24-22-20-18-19-21-23-25-27-29-31-33-35-37-39-41-44-46-50-54-58-62-66-70-76(81)78-74(73-79)75(80)69-65-61-57-53-49-16-14-12-10-8-6-4-2/h11,13,17-19,43,74-75,79-80H,3-10,12,14-16,20-42,44-73H2,1-2H3,(H,78,81)/b13-11-,19-18-,43-17-. The number of aliphatic hydroxyl groups is 2. The van der Waals surface area contributed by atoms with Gasteiger partial charge in [0.1, 0.15) is 0 Å². The maximum absolute atomic E-state index is 12.5. The lowest BCUT2D eigenvalue weighted by Crippen LogP contribution is -2.45. The minimum atomic E-state index is -0.660. The fraction of sp³-hybridized carbons (Fsp3) is 0.896. The number of esters is 1. The Labute approximate surface area is 519 Å². The van der Waals surface area contributed by atoms with Crippen molar-refractivity contribution in [2.75, 3.05) is 13.2 Å². The largest absolute Gasteiger partial charge is 0.466 e. The molecule has 0 saturated heterocycles. The van der Waals surface area contributed by atoms with Crippen molar-refractivity contribution in [3.8, 4) is 0 Å². The van der Waals surface area contributed by atoms with E-state index in [1.54, 1.807) is 0 Å². The maximum Gasteiger partial charge on any atom is 0.305 e. The third-order valence-corrected chi connectivity index (χ3v) is 17.7. The van der Waals surface area contributed by atoms with E-state index in [9.17, 15) is 19.8 Å². The smallest absolute Gasteiger partial charge is 0.305 e. The molecular weight excluding hydrogens is 1020 g/mol. The quantitative estimate of drug-likeness (QED) is 0.0320. The summed E-state index contributed by atoms with van der Waals surface area (Å²) < 4.78 is 5.49. The van der Waals surface area contributed by atoms with E-state index in [1.807, 2.05) is 0 Å². The first kappa shape index (κ1) is 81.1. The lowest BCUT2D eigenvalue weighted by molar-refractivity contribution is -0.143. The summed E-state index contributed by atoms with van der Waals surface area (Å²) in [6.07, 6.45) is 93.8. The summed E-state index contributed by atoms with van der Waals surface area (Å²) in [6.45, 7) is 4.95. The molecule has 2 unspecified atom stereocenters. The molecule has 0 aromatic heterocycles. The second-order valence-electron chi connectivity index (χ2n) is 26.0. The summed E-state index contributed by atoms with van der Waals surface area (Å²) in [7, 11) is 0. The highest BCUT2D eigenvalue weighted by Crippen LogP contribution is 2.19. The lowest BCUT2D eigenvalue weighted by Gasteiger charge is -2.22. The molecular formula is C77H147NO5. The molecule has 0 fully saturated rings. The molecule has 0 aromatic rings. The zero-order valence-corrected chi connectivity index (χ0v) is 56.2. The Kier molecular flexibility index (Phi) is 70.9. The number of hydrogen-bond donors (Lipinski definition) is 3. The van der Waals surface area contributed by atoms with Crippen LogP contribution in [-0.2, 0) is 14.3 Å². The van der Waals surface area contributed by atoms with Crippen LogP contribution in [-0.4, -0.2) is 47.4 Å². The van der Waals surface area contributed by atoms with Crippen molar-refractivity contribution < 1.29 is 24.5 Å². The summed E-state index contributed by atoms with van der Waals surface area (Å²) in [4.78, 5) is 24.6. The number of carbonyl (C=O) groups excluding carboxylic acids is 2. The topological polar surface area (TPSA) is 95.9 Å². The van der Waals surface area contributed by atoms with Gasteiger partial charge < -0.3 is 20.3 Å². The summed E-state index contributed by atoms with van der Waals surface area (Å²) in [5, 5.41) is 23.3. The molecule has 0 aliphatic carbocycles. The van der Waals surface area contributed by atoms with Gasteiger partial charge in [0.25, 0.3) is 0 Å². The second kappa shape index (κ2) is 72.6. The first-order valence-corrected chi connectivity index (χ1v) is 37.7. The van der Waals surface area contributed by atoms with Crippen molar-refractivity contribution in [3.63, 3.8) is 0 Å². The third kappa shape index (κ3) is 69.1. The maximum atomic E-state index is 12.5. The summed E-state index contributed by atoms with van der Waals surface area (Å²) in [5.41, 5.74) is 0. The summed E-state index contributed by atoms with van der Waals surface area (Å²) >= 11 is 0. The highest BCUT2D eigenvalue weighted by Gasteiger charge is 2.20. The normalized spacial score (nSPS) is 12.7. The van der Waals surface area contributed by atoms with Gasteiger partial charge in [0.15, 0.2) is 0 Å². The van der Waals surface area contributed by atoms with Gasteiger partial charge in [-0.05, 0) is 83.5 Å². The van der Waals surface area contributed by atoms with Crippen LogP contribution in [0.3, 0.4) is 0 Å². The zero-order chi connectivity index (χ0) is 59.9. The molecule has 2 atom stereocenters. The Morgan fingerprint density at radius 2 is 0.602 bits per heavy atom. The molecule has 0 heterocycles. The van der Waals surface area contributed by atoms with Gasteiger partial charge in [-0.2, -0.15) is 0 Å². The van der Waals surface area contributed by atoms with Crippen LogP contribution in [0.4, 0.5) is 0 Å². The molecule has 0 aliphatic heterocycles. The fourth-order valence-electron chi connectivity index (χ4n) is 11.9. The highest BCUT2D eigenvalue weighted by molar-refractivity contribution is 5.76. The van der Waals surface area contributed by atoms with Gasteiger partial charge in [0.2, 0.25) is 5.91 Å². The molecule has 6 heteroatoms. The molecule has 0 saturated carbocycles. The predicted molar refractivity (Wildman–Crippen MR) is 366 cm³/mol. The number of ether oxygens (including phenoxy) is 1. The van der Waals surface area contributed by atoms with E-state index in [1.165, 1.54) is 334 Å². The minimum absolute atomic E-state index is 0.00875. The van der Waals surface area contributed by atoms with E-state index in [0.717, 1.165) is 51.4 Å². The van der Waals surface area contributed by atoms with Crippen molar-refractivity contribution in [1.82, 2.24) is 5.32 Å². The number of aliphatic hydroxyl groups excluding tert-OH is 2. The molecule has 3 N–H and O–H groups in total. The number of unbranched alkanes of at least 4 members (excludes halogenated alkanes) is 54. The van der Waals surface area contributed by atoms with Crippen LogP contribution in [0.2, 0.25) is 0 Å². The van der Waals surface area contributed by atoms with Crippen LogP contribution in [0.15, 0.2) is 36.5 Å². The number of hydrogen-bond acceptors (Lipinski definition) is 5. The summed E-state index contributed by atoms with van der Waals surface area (Å²) in [6, 6.07) is -0.537. The van der Waals surface area contributed by atoms with Gasteiger partial charge >= 0.3 is 5.97 Å². The molecule has 83 heavy (non-hydrogen) atoms. The number of rotatable bonds is 71. The highest BCUT2D eigenvalue weighted by atomic mass is 16.5. The van der Waals surface area contributed by atoms with Crippen LogP contribution < -0.4 is 5.32 Å². The first-order chi connectivity index (χ1) is 41.0. The van der Waals surface area contributed by atoms with Crippen LogP contribution in [0.5, 0.6) is 0 Å². The molecule has 0 spiro atoms.